The molecule has 132 valence electrons. The van der Waals surface area contributed by atoms with Crippen molar-refractivity contribution in [3.63, 3.8) is 0 Å². The summed E-state index contributed by atoms with van der Waals surface area (Å²) in [6, 6.07) is 3.96. The van der Waals surface area contributed by atoms with Gasteiger partial charge in [-0.2, -0.15) is 0 Å². The number of nitrogens with one attached hydrogen (secondary N) is 2. The molecule has 0 spiro atoms. The van der Waals surface area contributed by atoms with E-state index in [9.17, 15) is 4.79 Å². The van der Waals surface area contributed by atoms with Gasteiger partial charge in [-0.1, -0.05) is 19.9 Å². The molecule has 23 heavy (non-hydrogen) atoms. The van der Waals surface area contributed by atoms with Gasteiger partial charge in [-0.05, 0) is 59.6 Å². The molecule has 1 heterocycles. The Morgan fingerprint density at radius 2 is 1.78 bits per heavy atom. The van der Waals surface area contributed by atoms with Crippen molar-refractivity contribution in [2.75, 3.05) is 11.9 Å². The number of hydrogen-bond donors (Lipinski definition) is 2. The van der Waals surface area contributed by atoms with Crippen LogP contribution >= 0.6 is 0 Å². The monoisotopic (exact) mass is 323 g/mol. The molecule has 0 aromatic carbocycles. The van der Waals surface area contributed by atoms with Gasteiger partial charge in [0.1, 0.15) is 11.4 Å². The molecule has 0 fully saturated rings. The van der Waals surface area contributed by atoms with Crippen molar-refractivity contribution in [2.24, 2.45) is 0 Å². The van der Waals surface area contributed by atoms with Crippen LogP contribution in [-0.2, 0) is 4.74 Å². The number of ether oxygens (including phenoxy) is 1. The Morgan fingerprint density at radius 1 is 1.17 bits per heavy atom. The lowest BCUT2D eigenvalue weighted by atomic mass is 10.0. The van der Waals surface area contributed by atoms with E-state index in [0.29, 0.717) is 0 Å². The highest BCUT2D eigenvalue weighted by atomic mass is 16.6. The molecular formula is C18H33N3O2. The second-order valence-electron chi connectivity index (χ2n) is 6.91. The maximum Gasteiger partial charge on any atom is 0.408 e. The van der Waals surface area contributed by atoms with E-state index in [1.54, 1.807) is 0 Å². The van der Waals surface area contributed by atoms with Crippen LogP contribution < -0.4 is 10.6 Å². The van der Waals surface area contributed by atoms with E-state index in [4.69, 9.17) is 4.74 Å². The number of alkyl carbamates (subject to hydrolysis) is 1. The lowest BCUT2D eigenvalue weighted by Gasteiger charge is -2.28. The first kappa shape index (κ1) is 21.2. The Balaban J connectivity index is 0.00000232. The van der Waals surface area contributed by atoms with E-state index in [2.05, 4.69) is 15.6 Å². The van der Waals surface area contributed by atoms with E-state index in [0.717, 1.165) is 24.3 Å². The maximum atomic E-state index is 11.8. The highest BCUT2D eigenvalue weighted by Gasteiger charge is 2.24. The zero-order valence-electron chi connectivity index (χ0n) is 15.9. The maximum absolute atomic E-state index is 11.8. The quantitative estimate of drug-likeness (QED) is 0.836. The second-order valence-corrected chi connectivity index (χ2v) is 6.91. The highest BCUT2D eigenvalue weighted by Crippen LogP contribution is 2.13. The molecule has 0 aliphatic carbocycles. The van der Waals surface area contributed by atoms with E-state index < -0.39 is 5.60 Å². The van der Waals surface area contributed by atoms with Gasteiger partial charge >= 0.3 is 6.09 Å². The average Bonchev–Trinajstić information content (AvgIpc) is 2.40. The lowest BCUT2D eigenvalue weighted by Crippen LogP contribution is -2.46. The fourth-order valence-electron chi connectivity index (χ4n) is 1.72. The van der Waals surface area contributed by atoms with Crippen LogP contribution in [0.1, 0.15) is 60.5 Å². The predicted octanol–water partition coefficient (Wildman–Crippen LogP) is 4.52. The zero-order valence-corrected chi connectivity index (χ0v) is 15.9. The van der Waals surface area contributed by atoms with Gasteiger partial charge in [0, 0.05) is 18.3 Å². The number of carbonyl (C=O) groups is 1. The number of anilines is 1. The molecule has 1 amide bonds. The lowest BCUT2D eigenvalue weighted by molar-refractivity contribution is 0.0470. The first-order valence-electron chi connectivity index (χ1n) is 8.25. The number of amides is 1. The van der Waals surface area contributed by atoms with Crippen LogP contribution in [0.3, 0.4) is 0 Å². The number of aromatic nitrogens is 1. The predicted molar refractivity (Wildman–Crippen MR) is 96.9 cm³/mol. The van der Waals surface area contributed by atoms with Gasteiger partial charge in [0.15, 0.2) is 0 Å². The van der Waals surface area contributed by atoms with E-state index in [1.165, 1.54) is 0 Å². The largest absolute Gasteiger partial charge is 0.444 e. The minimum absolute atomic E-state index is 0.347. The summed E-state index contributed by atoms with van der Waals surface area (Å²) in [5.74, 6) is 0.841. The molecule has 0 aliphatic heterocycles. The first-order chi connectivity index (χ1) is 10.6. The Bertz CT molecular complexity index is 462. The van der Waals surface area contributed by atoms with Gasteiger partial charge in [-0.3, -0.25) is 0 Å². The van der Waals surface area contributed by atoms with Crippen LogP contribution in [-0.4, -0.2) is 28.8 Å². The standard InChI is InChI=1S/C16H27N3O2.C2H6/c1-12-7-8-13(18-11-12)17-10-9-16(5,6)19-14(20)21-15(2,3)4;1-2/h7-8,11H,9-10H2,1-6H3,(H,17,18)(H,19,20);1-2H3. The third-order valence-electron chi connectivity index (χ3n) is 2.81. The van der Waals surface area contributed by atoms with Crippen molar-refractivity contribution in [1.29, 1.82) is 0 Å². The van der Waals surface area contributed by atoms with Crippen molar-refractivity contribution in [3.8, 4) is 0 Å². The number of pyridine rings is 1. The van der Waals surface area contributed by atoms with Crippen LogP contribution in [0.25, 0.3) is 0 Å². The Morgan fingerprint density at radius 3 is 2.26 bits per heavy atom. The zero-order chi connectivity index (χ0) is 18.1. The Hall–Kier alpha value is -1.78. The van der Waals surface area contributed by atoms with Crippen LogP contribution in [0.5, 0.6) is 0 Å². The van der Waals surface area contributed by atoms with Gasteiger partial charge in [0.05, 0.1) is 0 Å². The summed E-state index contributed by atoms with van der Waals surface area (Å²) in [5, 5.41) is 6.13. The molecule has 2 N–H and O–H groups in total. The van der Waals surface area contributed by atoms with Crippen molar-refractivity contribution in [1.82, 2.24) is 10.3 Å². The van der Waals surface area contributed by atoms with Gasteiger partial charge in [0.2, 0.25) is 0 Å². The summed E-state index contributed by atoms with van der Waals surface area (Å²) in [6.45, 7) is 16.2. The number of hydrogen-bond acceptors (Lipinski definition) is 4. The number of nitrogens with zero attached hydrogens (tertiary/aromatic N) is 1. The third-order valence-corrected chi connectivity index (χ3v) is 2.81. The molecule has 0 unspecified atom stereocenters. The summed E-state index contributed by atoms with van der Waals surface area (Å²) in [4.78, 5) is 16.1. The van der Waals surface area contributed by atoms with E-state index in [-0.39, 0.29) is 11.6 Å². The first-order valence-corrected chi connectivity index (χ1v) is 8.25. The number of rotatable bonds is 5. The Labute approximate surface area is 141 Å². The summed E-state index contributed by atoms with van der Waals surface area (Å²) in [7, 11) is 0. The van der Waals surface area contributed by atoms with Gasteiger partial charge in [-0.25, -0.2) is 9.78 Å². The van der Waals surface area contributed by atoms with Crippen molar-refractivity contribution < 1.29 is 9.53 Å². The van der Waals surface area contributed by atoms with Crippen molar-refractivity contribution >= 4 is 11.9 Å². The third kappa shape index (κ3) is 10.6. The molecular weight excluding hydrogens is 290 g/mol. The normalized spacial score (nSPS) is 11.1. The summed E-state index contributed by atoms with van der Waals surface area (Å²) < 4.78 is 5.27. The molecule has 0 bridgehead atoms. The van der Waals surface area contributed by atoms with Crippen molar-refractivity contribution in [3.05, 3.63) is 23.9 Å². The van der Waals surface area contributed by atoms with E-state index in [1.807, 2.05) is 73.7 Å². The van der Waals surface area contributed by atoms with Crippen LogP contribution in [0.4, 0.5) is 10.6 Å². The van der Waals surface area contributed by atoms with Crippen molar-refractivity contribution in [2.45, 2.75) is 73.0 Å². The fraction of sp³-hybridized carbons (Fsp3) is 0.667. The SMILES string of the molecule is CC.Cc1ccc(NCCC(C)(C)NC(=O)OC(C)(C)C)nc1. The van der Waals surface area contributed by atoms with Crippen LogP contribution in [0.15, 0.2) is 18.3 Å². The summed E-state index contributed by atoms with van der Waals surface area (Å²) >= 11 is 0. The summed E-state index contributed by atoms with van der Waals surface area (Å²) in [6.07, 6.45) is 2.20. The number of aryl methyl sites for hydroxylation is 1. The molecule has 1 aromatic heterocycles. The Kier molecular flexibility index (Phi) is 8.65. The molecule has 5 nitrogen and oxygen atoms in total. The highest BCUT2D eigenvalue weighted by molar-refractivity contribution is 5.68. The van der Waals surface area contributed by atoms with Gasteiger partial charge in [0.25, 0.3) is 0 Å². The van der Waals surface area contributed by atoms with Crippen LogP contribution in [0, 0.1) is 6.92 Å². The van der Waals surface area contributed by atoms with Gasteiger partial charge in [-0.15, -0.1) is 0 Å². The molecule has 0 saturated carbocycles. The molecule has 0 saturated heterocycles. The fourth-order valence-corrected chi connectivity index (χ4v) is 1.72. The topological polar surface area (TPSA) is 63.2 Å². The average molecular weight is 323 g/mol. The second kappa shape index (κ2) is 9.38. The number of carbonyl (C=O) groups excluding carboxylic acids is 1. The minimum atomic E-state index is -0.482. The molecule has 1 aromatic rings. The minimum Gasteiger partial charge on any atom is -0.444 e. The molecule has 0 radical (unpaired) electrons. The molecule has 0 atom stereocenters. The summed E-state index contributed by atoms with van der Waals surface area (Å²) in [5.41, 5.74) is 0.303. The molecule has 0 aliphatic rings. The molecule has 5 heteroatoms. The van der Waals surface area contributed by atoms with Crippen LogP contribution in [0.2, 0.25) is 0 Å². The smallest absolute Gasteiger partial charge is 0.408 e. The van der Waals surface area contributed by atoms with Gasteiger partial charge < -0.3 is 15.4 Å². The van der Waals surface area contributed by atoms with E-state index >= 15 is 0 Å². The molecule has 1 rings (SSSR count).